The molecule has 1 aliphatic carbocycles. The summed E-state index contributed by atoms with van der Waals surface area (Å²) in [6.45, 7) is 5.71. The van der Waals surface area contributed by atoms with E-state index in [4.69, 9.17) is 15.2 Å². The standard InChI is InChI=1S/C18H19NO2.C16H18N2O2/c1-2-11-19-18(20)21-12-17-15-9-5-3-7-13(15)14-8-4-6-10-16(14)17;1-11-3-6-13(16(17)19)9-15(11)18-10-12-4-7-14(20-2)8-5-12/h3-10,17H,2,11-12H2,1H3,(H,19,20);3-9,18H,10H2,1-2H3,(H2,17,19). The summed E-state index contributed by atoms with van der Waals surface area (Å²) >= 11 is 0. The van der Waals surface area contributed by atoms with Crippen molar-refractivity contribution in [3.8, 4) is 16.9 Å². The van der Waals surface area contributed by atoms with E-state index in [0.717, 1.165) is 29.0 Å². The number of ether oxygens (including phenoxy) is 2. The fourth-order valence-corrected chi connectivity index (χ4v) is 4.78. The number of benzene rings is 4. The molecule has 0 heterocycles. The first-order valence-corrected chi connectivity index (χ1v) is 13.8. The minimum Gasteiger partial charge on any atom is -0.497 e. The van der Waals surface area contributed by atoms with Crippen molar-refractivity contribution in [3.05, 3.63) is 119 Å². The Hall–Kier alpha value is -4.78. The molecule has 41 heavy (non-hydrogen) atoms. The fraction of sp³-hybridized carbons (Fsp3) is 0.235. The molecule has 0 spiro atoms. The number of aryl methyl sites for hydroxylation is 1. The first kappa shape index (κ1) is 29.2. The Kier molecular flexibility index (Phi) is 9.99. The molecule has 5 rings (SSSR count). The Labute approximate surface area is 241 Å². The molecule has 0 radical (unpaired) electrons. The number of anilines is 1. The van der Waals surface area contributed by atoms with Crippen molar-refractivity contribution in [2.45, 2.75) is 32.7 Å². The Morgan fingerprint density at radius 1 is 0.878 bits per heavy atom. The molecule has 0 saturated heterocycles. The Morgan fingerprint density at radius 2 is 1.51 bits per heavy atom. The lowest BCUT2D eigenvalue weighted by Crippen LogP contribution is -2.26. The number of carbonyl (C=O) groups is 2. The highest BCUT2D eigenvalue weighted by Crippen LogP contribution is 2.44. The van der Waals surface area contributed by atoms with Gasteiger partial charge in [0, 0.05) is 30.3 Å². The van der Waals surface area contributed by atoms with Crippen LogP contribution in [0.1, 0.15) is 51.9 Å². The van der Waals surface area contributed by atoms with Crippen molar-refractivity contribution in [1.82, 2.24) is 5.32 Å². The first-order chi connectivity index (χ1) is 19.9. The summed E-state index contributed by atoms with van der Waals surface area (Å²) in [5.41, 5.74) is 13.9. The summed E-state index contributed by atoms with van der Waals surface area (Å²) in [6, 6.07) is 29.9. The van der Waals surface area contributed by atoms with Gasteiger partial charge in [0.1, 0.15) is 12.4 Å². The van der Waals surface area contributed by atoms with Crippen molar-refractivity contribution >= 4 is 17.7 Å². The van der Waals surface area contributed by atoms with Gasteiger partial charge in [-0.1, -0.05) is 73.7 Å². The van der Waals surface area contributed by atoms with Gasteiger partial charge in [0.15, 0.2) is 0 Å². The zero-order valence-electron chi connectivity index (χ0n) is 23.8. The van der Waals surface area contributed by atoms with Gasteiger partial charge < -0.3 is 25.8 Å². The highest BCUT2D eigenvalue weighted by Gasteiger charge is 2.28. The first-order valence-electron chi connectivity index (χ1n) is 13.8. The van der Waals surface area contributed by atoms with E-state index in [1.807, 2.05) is 68.4 Å². The van der Waals surface area contributed by atoms with Crippen LogP contribution in [0.15, 0.2) is 91.0 Å². The van der Waals surface area contributed by atoms with E-state index in [1.54, 1.807) is 19.2 Å². The smallest absolute Gasteiger partial charge is 0.407 e. The largest absolute Gasteiger partial charge is 0.497 e. The molecule has 4 aromatic carbocycles. The molecule has 0 aliphatic heterocycles. The normalized spacial score (nSPS) is 11.4. The van der Waals surface area contributed by atoms with E-state index in [9.17, 15) is 9.59 Å². The summed E-state index contributed by atoms with van der Waals surface area (Å²) in [7, 11) is 1.64. The molecule has 1 aliphatic rings. The molecule has 0 fully saturated rings. The minimum absolute atomic E-state index is 0.129. The Bertz CT molecular complexity index is 1440. The van der Waals surface area contributed by atoms with Crippen LogP contribution in [0, 0.1) is 6.92 Å². The van der Waals surface area contributed by atoms with E-state index in [0.29, 0.717) is 25.3 Å². The summed E-state index contributed by atoms with van der Waals surface area (Å²) < 4.78 is 10.5. The van der Waals surface area contributed by atoms with Crippen LogP contribution >= 0.6 is 0 Å². The third-order valence-electron chi connectivity index (χ3n) is 7.03. The molecule has 0 atom stereocenters. The maximum Gasteiger partial charge on any atom is 0.407 e. The summed E-state index contributed by atoms with van der Waals surface area (Å²) in [5.74, 6) is 0.544. The van der Waals surface area contributed by atoms with Gasteiger partial charge in [0.25, 0.3) is 0 Å². The molecule has 0 bridgehead atoms. The minimum atomic E-state index is -0.419. The van der Waals surface area contributed by atoms with Crippen molar-refractivity contribution in [2.24, 2.45) is 5.73 Å². The molecule has 212 valence electrons. The number of nitrogens with one attached hydrogen (secondary N) is 2. The van der Waals surface area contributed by atoms with E-state index in [-0.39, 0.29) is 12.0 Å². The number of carbonyl (C=O) groups excluding carboxylic acids is 2. The average Bonchev–Trinajstić information content (AvgIpc) is 3.32. The predicted molar refractivity (Wildman–Crippen MR) is 163 cm³/mol. The molecule has 4 aromatic rings. The molecule has 4 N–H and O–H groups in total. The fourth-order valence-electron chi connectivity index (χ4n) is 4.78. The van der Waals surface area contributed by atoms with Crippen molar-refractivity contribution in [3.63, 3.8) is 0 Å². The van der Waals surface area contributed by atoms with E-state index in [1.165, 1.54) is 22.3 Å². The quantitative estimate of drug-likeness (QED) is 0.216. The van der Waals surface area contributed by atoms with Crippen LogP contribution in [-0.2, 0) is 11.3 Å². The lowest BCUT2D eigenvalue weighted by Gasteiger charge is -2.14. The van der Waals surface area contributed by atoms with Gasteiger partial charge in [-0.25, -0.2) is 4.79 Å². The second-order valence-corrected chi connectivity index (χ2v) is 9.85. The van der Waals surface area contributed by atoms with Crippen molar-refractivity contribution in [1.29, 1.82) is 0 Å². The highest BCUT2D eigenvalue weighted by atomic mass is 16.5. The van der Waals surface area contributed by atoms with E-state index < -0.39 is 5.91 Å². The maximum atomic E-state index is 11.6. The maximum absolute atomic E-state index is 11.6. The summed E-state index contributed by atoms with van der Waals surface area (Å²) in [4.78, 5) is 22.8. The van der Waals surface area contributed by atoms with Gasteiger partial charge in [-0.05, 0) is 71.0 Å². The molecular formula is C34H37N3O4. The van der Waals surface area contributed by atoms with Gasteiger partial charge in [0.2, 0.25) is 5.91 Å². The van der Waals surface area contributed by atoms with Crippen LogP contribution in [0.4, 0.5) is 10.5 Å². The van der Waals surface area contributed by atoms with Gasteiger partial charge in [0.05, 0.1) is 7.11 Å². The van der Waals surface area contributed by atoms with Crippen LogP contribution in [0.25, 0.3) is 11.1 Å². The van der Waals surface area contributed by atoms with E-state index in [2.05, 4.69) is 34.9 Å². The molecule has 2 amide bonds. The van der Waals surface area contributed by atoms with Crippen LogP contribution in [0.3, 0.4) is 0 Å². The summed E-state index contributed by atoms with van der Waals surface area (Å²) in [5, 5.41) is 6.06. The zero-order valence-corrected chi connectivity index (χ0v) is 23.8. The lowest BCUT2D eigenvalue weighted by atomic mass is 9.98. The molecule has 0 saturated carbocycles. The number of primary amides is 1. The Balaban J connectivity index is 0.000000189. The summed E-state index contributed by atoms with van der Waals surface area (Å²) in [6.07, 6.45) is 0.572. The SMILES string of the molecule is CCCNC(=O)OCC1c2ccccc2-c2ccccc21.COc1ccc(CNc2cc(C(N)=O)ccc2C)cc1. The van der Waals surface area contributed by atoms with Gasteiger partial charge >= 0.3 is 6.09 Å². The molecule has 0 aromatic heterocycles. The molecule has 0 unspecified atom stereocenters. The monoisotopic (exact) mass is 551 g/mol. The number of alkyl carbamates (subject to hydrolysis) is 1. The second-order valence-electron chi connectivity index (χ2n) is 9.85. The number of methoxy groups -OCH3 is 1. The van der Waals surface area contributed by atoms with Crippen LogP contribution in [0.5, 0.6) is 5.75 Å². The van der Waals surface area contributed by atoms with Crippen molar-refractivity contribution in [2.75, 3.05) is 25.6 Å². The lowest BCUT2D eigenvalue weighted by molar-refractivity contribution is 0.1000. The number of fused-ring (bicyclic) bond motifs is 3. The number of amides is 2. The molecule has 7 nitrogen and oxygen atoms in total. The van der Waals surface area contributed by atoms with Crippen LogP contribution < -0.4 is 21.1 Å². The Morgan fingerprint density at radius 3 is 2.10 bits per heavy atom. The second kappa shape index (κ2) is 14.0. The third kappa shape index (κ3) is 7.45. The number of rotatable bonds is 9. The van der Waals surface area contributed by atoms with Gasteiger partial charge in [-0.2, -0.15) is 0 Å². The number of hydrogen-bond donors (Lipinski definition) is 3. The average molecular weight is 552 g/mol. The topological polar surface area (TPSA) is 103 Å². The van der Waals surface area contributed by atoms with E-state index >= 15 is 0 Å². The molecular weight excluding hydrogens is 514 g/mol. The third-order valence-corrected chi connectivity index (χ3v) is 7.03. The predicted octanol–water partition coefficient (Wildman–Crippen LogP) is 6.65. The van der Waals surface area contributed by atoms with Gasteiger partial charge in [-0.15, -0.1) is 0 Å². The molecule has 7 heteroatoms. The van der Waals surface area contributed by atoms with Gasteiger partial charge in [-0.3, -0.25) is 4.79 Å². The number of hydrogen-bond acceptors (Lipinski definition) is 5. The van der Waals surface area contributed by atoms with Crippen LogP contribution in [0.2, 0.25) is 0 Å². The van der Waals surface area contributed by atoms with Crippen LogP contribution in [-0.4, -0.2) is 32.3 Å². The highest BCUT2D eigenvalue weighted by molar-refractivity contribution is 5.94. The zero-order chi connectivity index (χ0) is 29.2. The number of nitrogens with two attached hydrogens (primary N) is 1. The van der Waals surface area contributed by atoms with Crippen molar-refractivity contribution < 1.29 is 19.1 Å².